The van der Waals surface area contributed by atoms with E-state index in [1.807, 2.05) is 38.1 Å². The molecule has 0 unspecified atom stereocenters. The Morgan fingerprint density at radius 2 is 1.95 bits per heavy atom. The molecule has 0 saturated carbocycles. The first-order valence-corrected chi connectivity index (χ1v) is 7.25. The highest BCUT2D eigenvalue weighted by atomic mass is 35.5. The lowest BCUT2D eigenvalue weighted by Gasteiger charge is -2.09. The summed E-state index contributed by atoms with van der Waals surface area (Å²) < 4.78 is 1.42. The fourth-order valence-corrected chi connectivity index (χ4v) is 2.18. The lowest BCUT2D eigenvalue weighted by Crippen LogP contribution is -2.26. The van der Waals surface area contributed by atoms with Crippen molar-refractivity contribution in [1.82, 2.24) is 9.78 Å². The first kappa shape index (κ1) is 15.4. The van der Waals surface area contributed by atoms with E-state index in [9.17, 15) is 9.59 Å². The van der Waals surface area contributed by atoms with Gasteiger partial charge in [-0.05, 0) is 37.9 Å². The summed E-state index contributed by atoms with van der Waals surface area (Å²) in [4.78, 5) is 23.1. The van der Waals surface area contributed by atoms with Gasteiger partial charge in [0.1, 0.15) is 0 Å². The smallest absolute Gasteiger partial charge is 0.269 e. The van der Waals surface area contributed by atoms with Crippen molar-refractivity contribution in [1.29, 1.82) is 0 Å². The van der Waals surface area contributed by atoms with E-state index in [4.69, 9.17) is 11.6 Å². The van der Waals surface area contributed by atoms with Crippen LogP contribution in [0.25, 0.3) is 11.3 Å². The van der Waals surface area contributed by atoms with Gasteiger partial charge in [-0.2, -0.15) is 5.10 Å². The lowest BCUT2D eigenvalue weighted by molar-refractivity contribution is -0.111. The SMILES string of the molecule is CCn1nc(-c2ccc(C)cc2)cc(CCC(=O)Cl)c1=O. The van der Waals surface area contributed by atoms with Crippen LogP contribution in [-0.4, -0.2) is 15.0 Å². The molecule has 21 heavy (non-hydrogen) atoms. The maximum atomic E-state index is 12.2. The summed E-state index contributed by atoms with van der Waals surface area (Å²) in [5, 5.41) is 3.93. The molecule has 110 valence electrons. The first-order valence-electron chi connectivity index (χ1n) is 6.87. The molecule has 0 aliphatic heterocycles. The molecule has 0 saturated heterocycles. The van der Waals surface area contributed by atoms with Crippen LogP contribution in [-0.2, 0) is 17.8 Å². The van der Waals surface area contributed by atoms with Crippen molar-refractivity contribution in [3.05, 3.63) is 51.8 Å². The number of halogens is 1. The molecule has 4 nitrogen and oxygen atoms in total. The molecule has 0 aliphatic rings. The molecule has 0 N–H and O–H groups in total. The molecule has 0 fully saturated rings. The van der Waals surface area contributed by atoms with Gasteiger partial charge < -0.3 is 0 Å². The summed E-state index contributed by atoms with van der Waals surface area (Å²) in [6.07, 6.45) is 0.487. The fourth-order valence-electron chi connectivity index (χ4n) is 2.09. The average molecular weight is 305 g/mol. The highest BCUT2D eigenvalue weighted by Gasteiger charge is 2.10. The molecule has 5 heteroatoms. The van der Waals surface area contributed by atoms with Gasteiger partial charge in [0.2, 0.25) is 5.24 Å². The second-order valence-corrected chi connectivity index (χ2v) is 5.32. The summed E-state index contributed by atoms with van der Waals surface area (Å²) in [5.74, 6) is 0. The van der Waals surface area contributed by atoms with Crippen LogP contribution < -0.4 is 5.56 Å². The van der Waals surface area contributed by atoms with Gasteiger partial charge >= 0.3 is 0 Å². The lowest BCUT2D eigenvalue weighted by atomic mass is 10.1. The second kappa shape index (κ2) is 6.68. The molecular formula is C16H17ClN2O2. The molecule has 1 aromatic carbocycles. The van der Waals surface area contributed by atoms with Gasteiger partial charge in [0, 0.05) is 24.1 Å². The van der Waals surface area contributed by atoms with E-state index in [0.717, 1.165) is 16.8 Å². The predicted octanol–water partition coefficient (Wildman–Crippen LogP) is 2.94. The van der Waals surface area contributed by atoms with E-state index in [0.29, 0.717) is 18.5 Å². The number of carbonyl (C=O) groups is 1. The van der Waals surface area contributed by atoms with Crippen molar-refractivity contribution < 1.29 is 4.79 Å². The summed E-state index contributed by atoms with van der Waals surface area (Å²) in [6, 6.07) is 9.69. The Balaban J connectivity index is 2.46. The fraction of sp³-hybridized carbons (Fsp3) is 0.312. The largest absolute Gasteiger partial charge is 0.281 e. The number of aryl methyl sites for hydroxylation is 3. The van der Waals surface area contributed by atoms with E-state index < -0.39 is 5.24 Å². The third kappa shape index (κ3) is 3.79. The van der Waals surface area contributed by atoms with Crippen LogP contribution in [0.4, 0.5) is 0 Å². The van der Waals surface area contributed by atoms with Crippen LogP contribution in [0.1, 0.15) is 24.5 Å². The number of nitrogens with zero attached hydrogens (tertiary/aromatic N) is 2. The quantitative estimate of drug-likeness (QED) is 0.798. The van der Waals surface area contributed by atoms with Gasteiger partial charge in [0.15, 0.2) is 0 Å². The molecule has 2 rings (SSSR count). The van der Waals surface area contributed by atoms with E-state index in [1.165, 1.54) is 4.68 Å². The molecule has 0 radical (unpaired) electrons. The Kier molecular flexibility index (Phi) is 4.91. The Hall–Kier alpha value is -1.94. The summed E-state index contributed by atoms with van der Waals surface area (Å²) in [6.45, 7) is 4.37. The van der Waals surface area contributed by atoms with E-state index in [-0.39, 0.29) is 12.0 Å². The third-order valence-corrected chi connectivity index (χ3v) is 3.48. The summed E-state index contributed by atoms with van der Waals surface area (Å²) in [5.41, 5.74) is 3.24. The Bertz CT molecular complexity index is 705. The van der Waals surface area contributed by atoms with E-state index in [2.05, 4.69) is 5.10 Å². The molecule has 0 atom stereocenters. The highest BCUT2D eigenvalue weighted by molar-refractivity contribution is 6.63. The van der Waals surface area contributed by atoms with Crippen LogP contribution >= 0.6 is 11.6 Å². The van der Waals surface area contributed by atoms with Gasteiger partial charge in [-0.15, -0.1) is 0 Å². The average Bonchev–Trinajstić information content (AvgIpc) is 2.47. The van der Waals surface area contributed by atoms with Crippen LogP contribution in [0.2, 0.25) is 0 Å². The number of benzene rings is 1. The summed E-state index contributed by atoms with van der Waals surface area (Å²) in [7, 11) is 0. The highest BCUT2D eigenvalue weighted by Crippen LogP contribution is 2.18. The number of hydrogen-bond donors (Lipinski definition) is 0. The van der Waals surface area contributed by atoms with Crippen molar-refractivity contribution in [3.63, 3.8) is 0 Å². The van der Waals surface area contributed by atoms with Crippen LogP contribution in [0.15, 0.2) is 35.1 Å². The zero-order valence-corrected chi connectivity index (χ0v) is 12.9. The number of rotatable bonds is 5. The monoisotopic (exact) mass is 304 g/mol. The van der Waals surface area contributed by atoms with E-state index >= 15 is 0 Å². The molecule has 0 aliphatic carbocycles. The number of carbonyl (C=O) groups excluding carboxylic acids is 1. The predicted molar refractivity (Wildman–Crippen MR) is 83.5 cm³/mol. The zero-order chi connectivity index (χ0) is 15.4. The van der Waals surface area contributed by atoms with Crippen LogP contribution in [0.3, 0.4) is 0 Å². The third-order valence-electron chi connectivity index (χ3n) is 3.29. The molecule has 0 spiro atoms. The Labute approximate surface area is 128 Å². The van der Waals surface area contributed by atoms with Crippen molar-refractivity contribution in [2.75, 3.05) is 0 Å². The molecular weight excluding hydrogens is 288 g/mol. The van der Waals surface area contributed by atoms with E-state index in [1.54, 1.807) is 6.07 Å². The molecule has 2 aromatic rings. The Morgan fingerprint density at radius 3 is 2.52 bits per heavy atom. The molecule has 1 heterocycles. The van der Waals surface area contributed by atoms with Crippen LogP contribution in [0, 0.1) is 6.92 Å². The molecule has 1 aromatic heterocycles. The van der Waals surface area contributed by atoms with Crippen molar-refractivity contribution in [2.45, 2.75) is 33.2 Å². The number of hydrogen-bond acceptors (Lipinski definition) is 3. The van der Waals surface area contributed by atoms with Crippen molar-refractivity contribution in [2.24, 2.45) is 0 Å². The molecule has 0 amide bonds. The minimum absolute atomic E-state index is 0.151. The summed E-state index contributed by atoms with van der Waals surface area (Å²) >= 11 is 5.36. The minimum atomic E-state index is -0.439. The number of aromatic nitrogens is 2. The maximum absolute atomic E-state index is 12.2. The van der Waals surface area contributed by atoms with Gasteiger partial charge in [-0.25, -0.2) is 4.68 Å². The normalized spacial score (nSPS) is 10.6. The van der Waals surface area contributed by atoms with Gasteiger partial charge in [0.25, 0.3) is 5.56 Å². The standard InChI is InChI=1S/C16H17ClN2O2/c1-3-19-16(21)13(8-9-15(17)20)10-14(18-19)12-6-4-11(2)5-7-12/h4-7,10H,3,8-9H2,1-2H3. The molecule has 0 bridgehead atoms. The minimum Gasteiger partial charge on any atom is -0.281 e. The van der Waals surface area contributed by atoms with Crippen LogP contribution in [0.5, 0.6) is 0 Å². The van der Waals surface area contributed by atoms with Crippen molar-refractivity contribution >= 4 is 16.8 Å². The second-order valence-electron chi connectivity index (χ2n) is 4.90. The first-order chi connectivity index (χ1) is 10.0. The van der Waals surface area contributed by atoms with Gasteiger partial charge in [0.05, 0.1) is 5.69 Å². The van der Waals surface area contributed by atoms with Gasteiger partial charge in [-0.3, -0.25) is 9.59 Å². The van der Waals surface area contributed by atoms with Gasteiger partial charge in [-0.1, -0.05) is 29.8 Å². The Morgan fingerprint density at radius 1 is 1.29 bits per heavy atom. The van der Waals surface area contributed by atoms with Crippen molar-refractivity contribution in [3.8, 4) is 11.3 Å². The maximum Gasteiger partial charge on any atom is 0.269 e. The topological polar surface area (TPSA) is 52.0 Å². The zero-order valence-electron chi connectivity index (χ0n) is 12.1.